The fraction of sp³-hybridized carbons (Fsp3) is 0.478. The van der Waals surface area contributed by atoms with E-state index in [-0.39, 0.29) is 18.1 Å². The van der Waals surface area contributed by atoms with Crippen molar-refractivity contribution in [3.05, 3.63) is 58.6 Å². The third-order valence-electron chi connectivity index (χ3n) is 3.54. The minimum Gasteiger partial charge on any atom is -0.490 e. The maximum Gasteiger partial charge on any atom is 0.297 e. The summed E-state index contributed by atoms with van der Waals surface area (Å²) in [7, 11) is -3.83. The monoisotopic (exact) mass is 502 g/mol. The Morgan fingerprint density at radius 2 is 1.53 bits per heavy atom. The first-order valence-electron chi connectivity index (χ1n) is 10.4. The first-order chi connectivity index (χ1) is 14.4. The third kappa shape index (κ3) is 10.6. The molecule has 5 nitrogen and oxygen atoms in total. The Morgan fingerprint density at radius 3 is 2.10 bits per heavy atom. The molecular formula is C23H35BrO5S. The zero-order valence-corrected chi connectivity index (χ0v) is 21.3. The highest BCUT2D eigenvalue weighted by Crippen LogP contribution is 2.24. The van der Waals surface area contributed by atoms with Gasteiger partial charge in [-0.1, -0.05) is 64.4 Å². The van der Waals surface area contributed by atoms with Gasteiger partial charge < -0.3 is 9.47 Å². The van der Waals surface area contributed by atoms with Crippen molar-refractivity contribution in [3.8, 4) is 5.75 Å². The van der Waals surface area contributed by atoms with Gasteiger partial charge in [-0.25, -0.2) is 0 Å². The van der Waals surface area contributed by atoms with Crippen molar-refractivity contribution in [1.29, 1.82) is 0 Å². The van der Waals surface area contributed by atoms with E-state index in [0.29, 0.717) is 12.4 Å². The lowest BCUT2D eigenvalue weighted by Crippen LogP contribution is -2.29. The second-order valence-corrected chi connectivity index (χ2v) is 8.26. The van der Waals surface area contributed by atoms with Gasteiger partial charge in [0, 0.05) is 6.61 Å². The molecule has 0 spiro atoms. The fourth-order valence-electron chi connectivity index (χ4n) is 2.11. The van der Waals surface area contributed by atoms with Crippen molar-refractivity contribution in [2.24, 2.45) is 0 Å². The van der Waals surface area contributed by atoms with Gasteiger partial charge in [0.15, 0.2) is 0 Å². The Morgan fingerprint density at radius 1 is 0.933 bits per heavy atom. The Labute approximate surface area is 191 Å². The summed E-state index contributed by atoms with van der Waals surface area (Å²) in [6.45, 7) is 12.4. The van der Waals surface area contributed by atoms with Gasteiger partial charge in [-0.2, -0.15) is 8.42 Å². The molecule has 0 aliphatic carbocycles. The largest absolute Gasteiger partial charge is 0.490 e. The first-order valence-corrected chi connectivity index (χ1v) is 12.6. The van der Waals surface area contributed by atoms with Gasteiger partial charge in [0.25, 0.3) is 10.1 Å². The lowest BCUT2D eigenvalue weighted by molar-refractivity contribution is -0.00577. The molecular weight excluding hydrogens is 468 g/mol. The van der Waals surface area contributed by atoms with E-state index >= 15 is 0 Å². The molecule has 2 aromatic rings. The summed E-state index contributed by atoms with van der Waals surface area (Å²) < 4.78 is 42.1. The molecule has 0 fully saturated rings. The highest BCUT2D eigenvalue weighted by atomic mass is 79.9. The van der Waals surface area contributed by atoms with E-state index in [1.165, 1.54) is 12.1 Å². The minimum absolute atomic E-state index is 0.110. The highest BCUT2D eigenvalue weighted by Gasteiger charge is 2.19. The van der Waals surface area contributed by atoms with Crippen molar-refractivity contribution in [2.45, 2.75) is 59.0 Å². The van der Waals surface area contributed by atoms with Crippen LogP contribution in [-0.4, -0.2) is 34.3 Å². The van der Waals surface area contributed by atoms with E-state index in [0.717, 1.165) is 16.5 Å². The molecule has 170 valence electrons. The summed E-state index contributed by atoms with van der Waals surface area (Å²) in [4.78, 5) is 0.129. The zero-order valence-electron chi connectivity index (χ0n) is 18.9. The van der Waals surface area contributed by atoms with Crippen molar-refractivity contribution in [3.63, 3.8) is 0 Å². The number of benzene rings is 2. The van der Waals surface area contributed by atoms with Gasteiger partial charge in [-0.05, 0) is 53.5 Å². The summed E-state index contributed by atoms with van der Waals surface area (Å²) >= 11 is 3.41. The molecule has 2 aromatic carbocycles. The smallest absolute Gasteiger partial charge is 0.297 e. The van der Waals surface area contributed by atoms with Gasteiger partial charge in [0.2, 0.25) is 0 Å². The van der Waals surface area contributed by atoms with Gasteiger partial charge >= 0.3 is 0 Å². The van der Waals surface area contributed by atoms with Crippen LogP contribution in [0.5, 0.6) is 5.75 Å². The molecule has 7 heteroatoms. The van der Waals surface area contributed by atoms with Gasteiger partial charge in [0.1, 0.15) is 18.5 Å². The van der Waals surface area contributed by atoms with Crippen LogP contribution >= 0.6 is 15.9 Å². The number of rotatable bonds is 10. The maximum absolute atomic E-state index is 12.3. The molecule has 0 heterocycles. The van der Waals surface area contributed by atoms with Crippen LogP contribution in [0.1, 0.15) is 46.6 Å². The van der Waals surface area contributed by atoms with E-state index in [2.05, 4.69) is 15.9 Å². The van der Waals surface area contributed by atoms with Crippen molar-refractivity contribution < 1.29 is 22.1 Å². The zero-order chi connectivity index (χ0) is 23.0. The van der Waals surface area contributed by atoms with Crippen LogP contribution in [0.4, 0.5) is 0 Å². The van der Waals surface area contributed by atoms with E-state index in [9.17, 15) is 8.42 Å². The predicted molar refractivity (Wildman–Crippen MR) is 127 cm³/mol. The molecule has 0 bridgehead atoms. The Hall–Kier alpha value is -1.41. The number of hydrogen-bond donors (Lipinski definition) is 0. The summed E-state index contributed by atoms with van der Waals surface area (Å²) in [6.07, 6.45) is 0.318. The molecule has 0 aromatic heterocycles. The SMILES string of the molecule is CC.CC.CCCO[C@H](COc1ccccc1Br)COS(=O)(=O)c1ccc(C)cc1. The molecule has 0 saturated carbocycles. The Kier molecular flexibility index (Phi) is 15.5. The van der Waals surface area contributed by atoms with Gasteiger partial charge in [0.05, 0.1) is 16.0 Å². The molecule has 0 saturated heterocycles. The number of hydrogen-bond acceptors (Lipinski definition) is 5. The van der Waals surface area contributed by atoms with Crippen LogP contribution in [-0.2, 0) is 19.0 Å². The number of ether oxygens (including phenoxy) is 2. The van der Waals surface area contributed by atoms with Crippen LogP contribution in [0.3, 0.4) is 0 Å². The van der Waals surface area contributed by atoms with E-state index in [1.807, 2.05) is 65.8 Å². The summed E-state index contributed by atoms with van der Waals surface area (Å²) in [5.41, 5.74) is 0.981. The average Bonchev–Trinajstić information content (AvgIpc) is 2.77. The van der Waals surface area contributed by atoms with Crippen LogP contribution in [0, 0.1) is 6.92 Å². The molecule has 0 unspecified atom stereocenters. The molecule has 0 aliphatic rings. The maximum atomic E-state index is 12.3. The van der Waals surface area contributed by atoms with Crippen LogP contribution in [0.15, 0.2) is 57.9 Å². The minimum atomic E-state index is -3.83. The van der Waals surface area contributed by atoms with Gasteiger partial charge in [-0.3, -0.25) is 4.18 Å². The highest BCUT2D eigenvalue weighted by molar-refractivity contribution is 9.10. The second kappa shape index (κ2) is 16.3. The fourth-order valence-corrected chi connectivity index (χ4v) is 3.45. The van der Waals surface area contributed by atoms with E-state index in [1.54, 1.807) is 12.1 Å². The normalized spacial score (nSPS) is 11.4. The number of halogens is 1. The molecule has 2 rings (SSSR count). The summed E-state index contributed by atoms with van der Waals surface area (Å²) in [5.74, 6) is 0.666. The molecule has 1 atom stereocenters. The summed E-state index contributed by atoms with van der Waals surface area (Å²) in [6, 6.07) is 14.0. The van der Waals surface area contributed by atoms with Crippen LogP contribution < -0.4 is 4.74 Å². The van der Waals surface area contributed by atoms with E-state index in [4.69, 9.17) is 13.7 Å². The second-order valence-electron chi connectivity index (χ2n) is 5.79. The molecule has 0 radical (unpaired) electrons. The molecule has 30 heavy (non-hydrogen) atoms. The first kappa shape index (κ1) is 28.6. The van der Waals surface area contributed by atoms with Gasteiger partial charge in [-0.15, -0.1) is 0 Å². The van der Waals surface area contributed by atoms with Crippen molar-refractivity contribution >= 4 is 26.0 Å². The average molecular weight is 503 g/mol. The summed E-state index contributed by atoms with van der Waals surface area (Å²) in [5, 5.41) is 0. The molecule has 0 amide bonds. The molecule has 0 N–H and O–H groups in total. The quantitative estimate of drug-likeness (QED) is 0.352. The molecule has 0 aliphatic heterocycles. The Bertz CT molecular complexity index is 791. The number of aryl methyl sites for hydroxylation is 1. The topological polar surface area (TPSA) is 61.8 Å². The third-order valence-corrected chi connectivity index (χ3v) is 5.49. The van der Waals surface area contributed by atoms with Crippen molar-refractivity contribution in [2.75, 3.05) is 19.8 Å². The number of para-hydroxylation sites is 1. The lowest BCUT2D eigenvalue weighted by atomic mass is 10.2. The van der Waals surface area contributed by atoms with Crippen molar-refractivity contribution in [1.82, 2.24) is 0 Å². The Balaban J connectivity index is 0.00000198. The standard InChI is InChI=1S/C19H23BrO5S.2C2H6/c1-3-12-23-16(13-24-19-7-5-4-6-18(19)20)14-25-26(21,22)17-10-8-15(2)9-11-17;2*1-2/h4-11,16H,3,12-14H2,1-2H3;2*1-2H3/t16-;;/m1../s1. The predicted octanol–water partition coefficient (Wildman–Crippen LogP) is 6.39. The lowest BCUT2D eigenvalue weighted by Gasteiger charge is -2.19. The van der Waals surface area contributed by atoms with Crippen LogP contribution in [0.2, 0.25) is 0 Å². The van der Waals surface area contributed by atoms with E-state index < -0.39 is 16.2 Å². The van der Waals surface area contributed by atoms with Crippen LogP contribution in [0.25, 0.3) is 0 Å².